The summed E-state index contributed by atoms with van der Waals surface area (Å²) < 4.78 is 5.76. The second-order valence-corrected chi connectivity index (χ2v) is 6.13. The Bertz CT molecular complexity index is 657. The summed E-state index contributed by atoms with van der Waals surface area (Å²) in [6.45, 7) is 1.42. The molecule has 0 aliphatic heterocycles. The molecule has 2 unspecified atom stereocenters. The van der Waals surface area contributed by atoms with Crippen LogP contribution >= 0.6 is 0 Å². The fraction of sp³-hybridized carbons (Fsp3) is 0.350. The molecular weight excluding hydrogens is 298 g/mol. The predicted octanol–water partition coefficient (Wildman–Crippen LogP) is 3.13. The van der Waals surface area contributed by atoms with Crippen LogP contribution in [-0.2, 0) is 0 Å². The van der Waals surface area contributed by atoms with Crippen molar-refractivity contribution in [2.24, 2.45) is 4.99 Å². The Kier molecular flexibility index (Phi) is 5.36. The molecule has 2 atom stereocenters. The highest BCUT2D eigenvalue weighted by Gasteiger charge is 2.39. The van der Waals surface area contributed by atoms with E-state index in [1.165, 1.54) is 5.56 Å². The molecule has 1 saturated carbocycles. The molecule has 0 spiro atoms. The highest BCUT2D eigenvalue weighted by molar-refractivity contribution is 5.80. The zero-order valence-electron chi connectivity index (χ0n) is 14.4. The number of benzene rings is 2. The van der Waals surface area contributed by atoms with Crippen LogP contribution in [0.15, 0.2) is 65.7 Å². The molecule has 3 rings (SSSR count). The summed E-state index contributed by atoms with van der Waals surface area (Å²) in [4.78, 5) is 6.51. The molecule has 2 aromatic rings. The Morgan fingerprint density at radius 2 is 1.79 bits per heavy atom. The van der Waals surface area contributed by atoms with Crippen LogP contribution in [0.4, 0.5) is 0 Å². The summed E-state index contributed by atoms with van der Waals surface area (Å²) in [6, 6.07) is 21.1. The number of aliphatic imine (C=N–C) groups is 1. The minimum atomic E-state index is 0.476. The first-order valence-electron chi connectivity index (χ1n) is 8.45. The minimum absolute atomic E-state index is 0.476. The summed E-state index contributed by atoms with van der Waals surface area (Å²) in [5.41, 5.74) is 1.40. The van der Waals surface area contributed by atoms with E-state index < -0.39 is 0 Å². The molecule has 0 amide bonds. The maximum absolute atomic E-state index is 5.76. The number of ether oxygens (including phenoxy) is 1. The molecule has 0 bridgehead atoms. The number of likely N-dealkylation sites (N-methyl/N-ethyl adjacent to an activating group) is 1. The maximum Gasteiger partial charge on any atom is 0.193 e. The summed E-state index contributed by atoms with van der Waals surface area (Å²) in [6.07, 6.45) is 1.16. The predicted molar refractivity (Wildman–Crippen MR) is 98.6 cm³/mol. The minimum Gasteiger partial charge on any atom is -0.492 e. The Morgan fingerprint density at radius 1 is 1.12 bits per heavy atom. The summed E-state index contributed by atoms with van der Waals surface area (Å²) in [5.74, 6) is 2.42. The van der Waals surface area contributed by atoms with Gasteiger partial charge < -0.3 is 15.0 Å². The quantitative estimate of drug-likeness (QED) is 0.655. The van der Waals surface area contributed by atoms with Gasteiger partial charge >= 0.3 is 0 Å². The van der Waals surface area contributed by atoms with Crippen LogP contribution in [-0.4, -0.2) is 44.1 Å². The van der Waals surface area contributed by atoms with Crippen molar-refractivity contribution in [2.75, 3.05) is 27.2 Å². The average molecular weight is 323 g/mol. The van der Waals surface area contributed by atoms with Crippen molar-refractivity contribution in [3.05, 3.63) is 66.2 Å². The number of guanidine groups is 1. The first-order chi connectivity index (χ1) is 11.8. The van der Waals surface area contributed by atoms with Crippen molar-refractivity contribution in [3.8, 4) is 5.75 Å². The monoisotopic (exact) mass is 323 g/mol. The number of nitrogens with zero attached hydrogens (tertiary/aromatic N) is 2. The van der Waals surface area contributed by atoms with Gasteiger partial charge in [-0.3, -0.25) is 4.99 Å². The molecule has 0 aromatic heterocycles. The first kappa shape index (κ1) is 16.4. The van der Waals surface area contributed by atoms with Crippen LogP contribution in [0.5, 0.6) is 5.75 Å². The molecule has 1 aliphatic rings. The van der Waals surface area contributed by atoms with E-state index in [1.807, 2.05) is 44.4 Å². The molecule has 2 aromatic carbocycles. The normalized spacial score (nSPS) is 19.7. The second-order valence-electron chi connectivity index (χ2n) is 6.13. The Hall–Kier alpha value is -2.49. The molecule has 0 heterocycles. The van der Waals surface area contributed by atoms with Gasteiger partial charge in [0.1, 0.15) is 12.4 Å². The summed E-state index contributed by atoms with van der Waals surface area (Å²) in [5, 5.41) is 3.56. The van der Waals surface area contributed by atoms with E-state index in [-0.39, 0.29) is 0 Å². The van der Waals surface area contributed by atoms with Crippen molar-refractivity contribution in [1.82, 2.24) is 10.2 Å². The van der Waals surface area contributed by atoms with E-state index in [0.29, 0.717) is 18.6 Å². The van der Waals surface area contributed by atoms with Crippen LogP contribution in [0, 0.1) is 0 Å². The second kappa shape index (κ2) is 7.86. The lowest BCUT2D eigenvalue weighted by Gasteiger charge is -2.22. The van der Waals surface area contributed by atoms with Crippen molar-refractivity contribution < 1.29 is 4.74 Å². The van der Waals surface area contributed by atoms with Gasteiger partial charge in [0.2, 0.25) is 0 Å². The average Bonchev–Trinajstić information content (AvgIpc) is 3.40. The summed E-state index contributed by atoms with van der Waals surface area (Å²) in [7, 11) is 3.88. The van der Waals surface area contributed by atoms with E-state index >= 15 is 0 Å². The zero-order chi connectivity index (χ0) is 16.8. The SMILES string of the molecule is CN=C(NC1CC1c1ccccc1)N(C)CCOc1ccccc1. The topological polar surface area (TPSA) is 36.9 Å². The van der Waals surface area contributed by atoms with Gasteiger partial charge in [0.25, 0.3) is 0 Å². The van der Waals surface area contributed by atoms with Crippen LogP contribution in [0.2, 0.25) is 0 Å². The number of hydrogen-bond acceptors (Lipinski definition) is 2. The van der Waals surface area contributed by atoms with E-state index in [9.17, 15) is 0 Å². The van der Waals surface area contributed by atoms with Crippen LogP contribution in [0.1, 0.15) is 17.9 Å². The molecule has 4 nitrogen and oxygen atoms in total. The molecular formula is C20H25N3O. The van der Waals surface area contributed by atoms with E-state index in [1.54, 1.807) is 0 Å². The van der Waals surface area contributed by atoms with Gasteiger partial charge in [0.15, 0.2) is 5.96 Å². The van der Waals surface area contributed by atoms with E-state index in [2.05, 4.69) is 45.5 Å². The van der Waals surface area contributed by atoms with E-state index in [0.717, 1.165) is 24.7 Å². The molecule has 1 fully saturated rings. The molecule has 0 saturated heterocycles. The Morgan fingerprint density at radius 3 is 2.46 bits per heavy atom. The Labute approximate surface area is 144 Å². The lowest BCUT2D eigenvalue weighted by molar-refractivity contribution is 0.281. The van der Waals surface area contributed by atoms with Gasteiger partial charge in [-0.05, 0) is 24.1 Å². The van der Waals surface area contributed by atoms with Crippen LogP contribution < -0.4 is 10.1 Å². The zero-order valence-corrected chi connectivity index (χ0v) is 14.4. The lowest BCUT2D eigenvalue weighted by Crippen LogP contribution is -2.42. The van der Waals surface area contributed by atoms with Gasteiger partial charge in [-0.15, -0.1) is 0 Å². The van der Waals surface area contributed by atoms with Crippen molar-refractivity contribution in [3.63, 3.8) is 0 Å². The standard InChI is InChI=1S/C20H25N3O/c1-21-20(22-19-15-18(19)16-9-5-3-6-10-16)23(2)13-14-24-17-11-7-4-8-12-17/h3-12,18-19H,13-15H2,1-2H3,(H,21,22). The van der Waals surface area contributed by atoms with Crippen LogP contribution in [0.3, 0.4) is 0 Å². The third-order valence-electron chi connectivity index (χ3n) is 4.34. The lowest BCUT2D eigenvalue weighted by atomic mass is 10.1. The number of rotatable bonds is 6. The molecule has 1 N–H and O–H groups in total. The maximum atomic E-state index is 5.76. The smallest absolute Gasteiger partial charge is 0.193 e. The first-order valence-corrected chi connectivity index (χ1v) is 8.45. The van der Waals surface area contributed by atoms with Gasteiger partial charge in [-0.25, -0.2) is 0 Å². The molecule has 24 heavy (non-hydrogen) atoms. The largest absolute Gasteiger partial charge is 0.492 e. The summed E-state index contributed by atoms with van der Waals surface area (Å²) >= 11 is 0. The number of hydrogen-bond donors (Lipinski definition) is 1. The van der Waals surface area contributed by atoms with Crippen molar-refractivity contribution in [1.29, 1.82) is 0 Å². The fourth-order valence-electron chi connectivity index (χ4n) is 2.86. The molecule has 4 heteroatoms. The number of nitrogens with one attached hydrogen (secondary N) is 1. The van der Waals surface area contributed by atoms with Gasteiger partial charge in [0, 0.05) is 26.1 Å². The Balaban J connectivity index is 1.45. The molecule has 126 valence electrons. The third-order valence-corrected chi connectivity index (χ3v) is 4.34. The number of para-hydroxylation sites is 1. The highest BCUT2D eigenvalue weighted by Crippen LogP contribution is 2.40. The van der Waals surface area contributed by atoms with E-state index in [4.69, 9.17) is 4.74 Å². The highest BCUT2D eigenvalue weighted by atomic mass is 16.5. The van der Waals surface area contributed by atoms with Crippen molar-refractivity contribution in [2.45, 2.75) is 18.4 Å². The van der Waals surface area contributed by atoms with Gasteiger partial charge in [-0.2, -0.15) is 0 Å². The molecule has 1 aliphatic carbocycles. The fourth-order valence-corrected chi connectivity index (χ4v) is 2.86. The molecule has 0 radical (unpaired) electrons. The van der Waals surface area contributed by atoms with Crippen LogP contribution in [0.25, 0.3) is 0 Å². The van der Waals surface area contributed by atoms with Gasteiger partial charge in [-0.1, -0.05) is 48.5 Å². The van der Waals surface area contributed by atoms with Crippen molar-refractivity contribution >= 4 is 5.96 Å². The van der Waals surface area contributed by atoms with Gasteiger partial charge in [0.05, 0.1) is 6.54 Å². The third kappa shape index (κ3) is 4.28.